The molecule has 1 fully saturated rings. The molecule has 5 N–H and O–H groups in total. The van der Waals surface area contributed by atoms with Crippen LogP contribution in [0.3, 0.4) is 0 Å². The Morgan fingerprint density at radius 3 is 2.64 bits per heavy atom. The fourth-order valence-electron chi connectivity index (χ4n) is 4.43. The molecule has 5 rings (SSSR count). The van der Waals surface area contributed by atoms with Crippen molar-refractivity contribution < 1.29 is 4.79 Å². The zero-order valence-corrected chi connectivity index (χ0v) is 20.3. The second kappa shape index (κ2) is 10.2. The minimum atomic E-state index is -0.116. The number of amides is 1. The molecule has 0 saturated carbocycles. The van der Waals surface area contributed by atoms with Gasteiger partial charge in [0.15, 0.2) is 0 Å². The van der Waals surface area contributed by atoms with Crippen molar-refractivity contribution in [2.75, 3.05) is 44.7 Å². The van der Waals surface area contributed by atoms with E-state index in [1.165, 1.54) is 0 Å². The van der Waals surface area contributed by atoms with Gasteiger partial charge >= 0.3 is 0 Å². The van der Waals surface area contributed by atoms with Gasteiger partial charge in [0.1, 0.15) is 5.84 Å². The first-order valence-electron chi connectivity index (χ1n) is 12.1. The Kier molecular flexibility index (Phi) is 6.64. The number of nitrogens with zero attached hydrogens (tertiary/aromatic N) is 4. The normalized spacial score (nSPS) is 14.2. The van der Waals surface area contributed by atoms with Gasteiger partial charge in [0.25, 0.3) is 5.91 Å². The molecule has 1 aliphatic heterocycles. The minimum Gasteiger partial charge on any atom is -0.384 e. The summed E-state index contributed by atoms with van der Waals surface area (Å²) in [7, 11) is 2.12. The predicted octanol–water partition coefficient (Wildman–Crippen LogP) is 2.63. The van der Waals surface area contributed by atoms with Crippen LogP contribution in [0.25, 0.3) is 22.2 Å². The zero-order valence-electron chi connectivity index (χ0n) is 20.3. The van der Waals surface area contributed by atoms with Crippen molar-refractivity contribution in [1.29, 1.82) is 5.41 Å². The molecule has 2 aromatic heterocycles. The van der Waals surface area contributed by atoms with Crippen LogP contribution < -0.4 is 16.0 Å². The van der Waals surface area contributed by atoms with E-state index in [0.29, 0.717) is 24.1 Å². The van der Waals surface area contributed by atoms with Crippen LogP contribution in [0.5, 0.6) is 0 Å². The maximum atomic E-state index is 12.7. The van der Waals surface area contributed by atoms with Gasteiger partial charge < -0.3 is 25.8 Å². The molecule has 9 heteroatoms. The highest BCUT2D eigenvalue weighted by molar-refractivity contribution is 6.07. The molecular weight excluding hydrogens is 452 g/mol. The van der Waals surface area contributed by atoms with Crippen molar-refractivity contribution in [2.45, 2.75) is 6.42 Å². The smallest absolute Gasteiger partial charge is 0.251 e. The number of hydrogen-bond acceptors (Lipinski definition) is 6. The topological polar surface area (TPSA) is 127 Å². The highest BCUT2D eigenvalue weighted by atomic mass is 16.1. The zero-order chi connectivity index (χ0) is 25.1. The van der Waals surface area contributed by atoms with E-state index >= 15 is 0 Å². The fraction of sp³-hybridized carbons (Fsp3) is 0.259. The average molecular weight is 483 g/mol. The van der Waals surface area contributed by atoms with E-state index < -0.39 is 0 Å². The Hall–Kier alpha value is -4.24. The van der Waals surface area contributed by atoms with Crippen molar-refractivity contribution >= 4 is 28.6 Å². The Morgan fingerprint density at radius 1 is 1.11 bits per heavy atom. The lowest BCUT2D eigenvalue weighted by Crippen LogP contribution is -2.45. The Morgan fingerprint density at radius 2 is 1.89 bits per heavy atom. The summed E-state index contributed by atoms with van der Waals surface area (Å²) in [6.07, 6.45) is 4.22. The van der Waals surface area contributed by atoms with Gasteiger partial charge in [-0.15, -0.1) is 0 Å². The molecular formula is C27H30N8O. The number of H-pyrrole nitrogens is 1. The van der Waals surface area contributed by atoms with Crippen molar-refractivity contribution in [3.8, 4) is 11.3 Å². The molecule has 0 radical (unpaired) electrons. The van der Waals surface area contributed by atoms with Crippen LogP contribution in [0.1, 0.15) is 21.5 Å². The van der Waals surface area contributed by atoms with E-state index in [1.807, 2.05) is 48.5 Å². The number of likely N-dealkylation sites (N-methyl/N-ethyl adjacent to an activating group) is 1. The molecule has 0 aliphatic carbocycles. The molecule has 3 heterocycles. The largest absolute Gasteiger partial charge is 0.384 e. The molecule has 4 aromatic rings. The van der Waals surface area contributed by atoms with Crippen molar-refractivity contribution in [3.63, 3.8) is 0 Å². The van der Waals surface area contributed by atoms with Crippen molar-refractivity contribution in [3.05, 3.63) is 77.6 Å². The van der Waals surface area contributed by atoms with E-state index in [9.17, 15) is 4.79 Å². The summed E-state index contributed by atoms with van der Waals surface area (Å²) in [4.78, 5) is 29.5. The van der Waals surface area contributed by atoms with Gasteiger partial charge in [0.2, 0.25) is 5.95 Å². The molecule has 9 nitrogen and oxygen atoms in total. The third-order valence-corrected chi connectivity index (χ3v) is 6.61. The summed E-state index contributed by atoms with van der Waals surface area (Å²) in [6.45, 7) is 4.33. The molecule has 0 unspecified atom stereocenters. The number of benzene rings is 2. The van der Waals surface area contributed by atoms with Crippen molar-refractivity contribution in [1.82, 2.24) is 25.2 Å². The molecule has 1 saturated heterocycles. The van der Waals surface area contributed by atoms with Crippen LogP contribution in [0, 0.1) is 5.41 Å². The van der Waals surface area contributed by atoms with Crippen LogP contribution in [-0.2, 0) is 6.42 Å². The summed E-state index contributed by atoms with van der Waals surface area (Å²) < 4.78 is 0. The predicted molar refractivity (Wildman–Crippen MR) is 143 cm³/mol. The van der Waals surface area contributed by atoms with Gasteiger partial charge in [-0.2, -0.15) is 0 Å². The Balaban J connectivity index is 1.19. The molecule has 0 bridgehead atoms. The van der Waals surface area contributed by atoms with E-state index in [-0.39, 0.29) is 11.7 Å². The number of anilines is 1. The van der Waals surface area contributed by atoms with Gasteiger partial charge in [-0.05, 0) is 49.4 Å². The second-order valence-corrected chi connectivity index (χ2v) is 9.11. The first-order valence-corrected chi connectivity index (χ1v) is 12.1. The molecule has 0 spiro atoms. The van der Waals surface area contributed by atoms with Crippen LogP contribution in [0.4, 0.5) is 5.95 Å². The van der Waals surface area contributed by atoms with E-state index in [1.54, 1.807) is 12.4 Å². The maximum absolute atomic E-state index is 12.7. The van der Waals surface area contributed by atoms with Crippen LogP contribution in [0.2, 0.25) is 0 Å². The number of nitrogens with one attached hydrogen (secondary N) is 3. The lowest BCUT2D eigenvalue weighted by Gasteiger charge is -2.32. The summed E-state index contributed by atoms with van der Waals surface area (Å²) in [5.41, 5.74) is 10.8. The maximum Gasteiger partial charge on any atom is 0.251 e. The van der Waals surface area contributed by atoms with Crippen LogP contribution >= 0.6 is 0 Å². The SMILES string of the molecule is CN1CCN(c2nccc(-c3ccc(C(=O)NCCc4ccc5[nH]cc(C(=N)N)c5c4)cc3)n2)CC1. The number of nitrogens with two attached hydrogens (primary N) is 1. The van der Waals surface area contributed by atoms with Crippen LogP contribution in [0.15, 0.2) is 60.9 Å². The summed E-state index contributed by atoms with van der Waals surface area (Å²) in [5.74, 6) is 0.665. The number of rotatable bonds is 7. The first-order chi connectivity index (χ1) is 17.5. The molecule has 1 aliphatic rings. The van der Waals surface area contributed by atoms with Gasteiger partial charge in [-0.25, -0.2) is 9.97 Å². The number of aromatic amines is 1. The number of carbonyl (C=O) groups is 1. The minimum absolute atomic E-state index is 0.0349. The Bertz CT molecular complexity index is 1390. The number of piperazine rings is 1. The summed E-state index contributed by atoms with van der Waals surface area (Å²) >= 11 is 0. The third-order valence-electron chi connectivity index (χ3n) is 6.61. The average Bonchev–Trinajstić information content (AvgIpc) is 3.33. The molecule has 184 valence electrons. The summed E-state index contributed by atoms with van der Waals surface area (Å²) in [6, 6.07) is 15.4. The number of carbonyl (C=O) groups excluding carboxylic acids is 1. The van der Waals surface area contributed by atoms with Gasteiger partial charge in [-0.1, -0.05) is 18.2 Å². The van der Waals surface area contributed by atoms with Crippen LogP contribution in [-0.4, -0.2) is 71.4 Å². The van der Waals surface area contributed by atoms with Crippen molar-refractivity contribution in [2.24, 2.45) is 5.73 Å². The van der Waals surface area contributed by atoms with E-state index in [0.717, 1.165) is 59.9 Å². The van der Waals surface area contributed by atoms with Gasteiger partial charge in [0, 0.05) is 72.7 Å². The number of amidine groups is 1. The number of aromatic nitrogens is 3. The lowest BCUT2D eigenvalue weighted by molar-refractivity contribution is 0.0954. The summed E-state index contributed by atoms with van der Waals surface area (Å²) in [5, 5.41) is 11.6. The monoisotopic (exact) mass is 482 g/mol. The highest BCUT2D eigenvalue weighted by Crippen LogP contribution is 2.21. The fourth-order valence-corrected chi connectivity index (χ4v) is 4.43. The Labute approximate surface area is 209 Å². The lowest BCUT2D eigenvalue weighted by atomic mass is 10.1. The van der Waals surface area contributed by atoms with Gasteiger partial charge in [-0.3, -0.25) is 10.2 Å². The molecule has 36 heavy (non-hydrogen) atoms. The number of hydrogen-bond donors (Lipinski definition) is 4. The molecule has 2 aromatic carbocycles. The number of nitrogen functional groups attached to an aromatic ring is 1. The standard InChI is InChI=1S/C27H30N8O/c1-34-12-14-35(15-13-34)27-31-11-9-23(33-27)19-3-5-20(6-4-19)26(36)30-10-8-18-2-7-24-21(16-18)22(17-32-24)25(28)29/h2-7,9,11,16-17,32H,8,10,12-15H2,1H3,(H3,28,29)(H,30,36). The quantitative estimate of drug-likeness (QED) is 0.237. The molecule has 1 amide bonds. The highest BCUT2D eigenvalue weighted by Gasteiger charge is 2.17. The molecule has 0 atom stereocenters. The third kappa shape index (κ3) is 5.06. The van der Waals surface area contributed by atoms with Gasteiger partial charge in [0.05, 0.1) is 5.69 Å². The van der Waals surface area contributed by atoms with E-state index in [4.69, 9.17) is 16.1 Å². The number of fused-ring (bicyclic) bond motifs is 1. The van der Waals surface area contributed by atoms with E-state index in [2.05, 4.69) is 32.1 Å². The first kappa shape index (κ1) is 23.5. The second-order valence-electron chi connectivity index (χ2n) is 9.11.